The van der Waals surface area contributed by atoms with Gasteiger partial charge >= 0.3 is 5.97 Å². The highest BCUT2D eigenvalue weighted by Gasteiger charge is 2.12. The number of aryl methyl sites for hydroxylation is 3. The molecular formula is C22H22N4O3. The molecule has 3 aromatic rings. The normalized spacial score (nSPS) is 10.3. The first-order valence-electron chi connectivity index (χ1n) is 9.05. The van der Waals surface area contributed by atoms with Crippen molar-refractivity contribution in [3.05, 3.63) is 76.7 Å². The number of rotatable bonds is 5. The van der Waals surface area contributed by atoms with Gasteiger partial charge in [-0.3, -0.25) is 4.79 Å². The van der Waals surface area contributed by atoms with Crippen LogP contribution in [0.3, 0.4) is 0 Å². The molecule has 0 fully saturated rings. The first-order valence-corrected chi connectivity index (χ1v) is 9.05. The SMILES string of the molecule is COC(=O)c1ccc(NC(=O)c2cc(Nc3ccc(C)cc3C)nc(C)n2)cc1. The number of nitrogens with one attached hydrogen (secondary N) is 2. The Labute approximate surface area is 169 Å². The second-order valence-corrected chi connectivity index (χ2v) is 6.65. The second-order valence-electron chi connectivity index (χ2n) is 6.65. The van der Waals surface area contributed by atoms with Gasteiger partial charge < -0.3 is 15.4 Å². The van der Waals surface area contributed by atoms with E-state index in [0.29, 0.717) is 22.9 Å². The summed E-state index contributed by atoms with van der Waals surface area (Å²) in [6.07, 6.45) is 0. The fraction of sp³-hybridized carbons (Fsp3) is 0.182. The Bertz CT molecular complexity index is 1060. The van der Waals surface area contributed by atoms with Gasteiger partial charge in [-0.2, -0.15) is 0 Å². The van der Waals surface area contributed by atoms with Crippen molar-refractivity contribution in [2.75, 3.05) is 17.7 Å². The van der Waals surface area contributed by atoms with E-state index in [9.17, 15) is 9.59 Å². The predicted molar refractivity (Wildman–Crippen MR) is 112 cm³/mol. The Morgan fingerprint density at radius 2 is 1.66 bits per heavy atom. The van der Waals surface area contributed by atoms with Crippen molar-refractivity contribution in [1.29, 1.82) is 0 Å². The lowest BCUT2D eigenvalue weighted by Crippen LogP contribution is -2.15. The van der Waals surface area contributed by atoms with Gasteiger partial charge in [-0.1, -0.05) is 17.7 Å². The molecule has 2 aromatic carbocycles. The van der Waals surface area contributed by atoms with Crippen LogP contribution in [0.1, 0.15) is 37.8 Å². The molecule has 0 aliphatic rings. The summed E-state index contributed by atoms with van der Waals surface area (Å²) in [5, 5.41) is 6.01. The summed E-state index contributed by atoms with van der Waals surface area (Å²) in [6, 6.07) is 14.1. The van der Waals surface area contributed by atoms with E-state index in [4.69, 9.17) is 0 Å². The highest BCUT2D eigenvalue weighted by molar-refractivity contribution is 6.03. The number of carbonyl (C=O) groups is 2. The Morgan fingerprint density at radius 1 is 0.931 bits per heavy atom. The number of amides is 1. The molecule has 0 saturated carbocycles. The number of carbonyl (C=O) groups excluding carboxylic acids is 2. The zero-order valence-corrected chi connectivity index (χ0v) is 16.7. The molecule has 148 valence electrons. The summed E-state index contributed by atoms with van der Waals surface area (Å²) in [4.78, 5) is 32.7. The van der Waals surface area contributed by atoms with Crippen LogP contribution in [-0.4, -0.2) is 29.0 Å². The van der Waals surface area contributed by atoms with Gasteiger partial charge in [-0.05, 0) is 56.7 Å². The quantitative estimate of drug-likeness (QED) is 0.635. The van der Waals surface area contributed by atoms with Crippen LogP contribution in [-0.2, 0) is 4.74 Å². The van der Waals surface area contributed by atoms with E-state index in [2.05, 4.69) is 31.4 Å². The van der Waals surface area contributed by atoms with Crippen molar-refractivity contribution in [3.8, 4) is 0 Å². The van der Waals surface area contributed by atoms with Crippen LogP contribution >= 0.6 is 0 Å². The molecule has 2 N–H and O–H groups in total. The van der Waals surface area contributed by atoms with Crippen LogP contribution in [0.2, 0.25) is 0 Å². The van der Waals surface area contributed by atoms with Gasteiger partial charge in [0.15, 0.2) is 0 Å². The Kier molecular flexibility index (Phi) is 5.87. The van der Waals surface area contributed by atoms with Crippen molar-refractivity contribution in [2.24, 2.45) is 0 Å². The van der Waals surface area contributed by atoms with Crippen molar-refractivity contribution in [3.63, 3.8) is 0 Å². The third-order valence-electron chi connectivity index (χ3n) is 4.28. The van der Waals surface area contributed by atoms with E-state index >= 15 is 0 Å². The summed E-state index contributed by atoms with van der Waals surface area (Å²) in [6.45, 7) is 5.77. The van der Waals surface area contributed by atoms with Gasteiger partial charge in [0, 0.05) is 17.4 Å². The monoisotopic (exact) mass is 390 g/mol. The molecular weight excluding hydrogens is 368 g/mol. The molecule has 3 rings (SSSR count). The van der Waals surface area contributed by atoms with Crippen LogP contribution in [0.25, 0.3) is 0 Å². The Morgan fingerprint density at radius 3 is 2.31 bits per heavy atom. The van der Waals surface area contributed by atoms with Crippen molar-refractivity contribution >= 4 is 29.1 Å². The molecule has 0 spiro atoms. The number of benzene rings is 2. The average Bonchev–Trinajstić information content (AvgIpc) is 2.69. The fourth-order valence-electron chi connectivity index (χ4n) is 2.84. The van der Waals surface area contributed by atoms with E-state index < -0.39 is 5.97 Å². The molecule has 0 unspecified atom stereocenters. The minimum Gasteiger partial charge on any atom is -0.465 e. The summed E-state index contributed by atoms with van der Waals surface area (Å²) in [5.41, 5.74) is 4.36. The highest BCUT2D eigenvalue weighted by atomic mass is 16.5. The van der Waals surface area contributed by atoms with Gasteiger partial charge in [0.1, 0.15) is 17.3 Å². The Hall–Kier alpha value is -3.74. The van der Waals surface area contributed by atoms with Gasteiger partial charge in [0.05, 0.1) is 12.7 Å². The maximum Gasteiger partial charge on any atom is 0.337 e. The molecule has 7 nitrogen and oxygen atoms in total. The van der Waals surface area contributed by atoms with E-state index in [-0.39, 0.29) is 11.6 Å². The second kappa shape index (κ2) is 8.52. The first kappa shape index (κ1) is 20.0. The van der Waals surface area contributed by atoms with Gasteiger partial charge in [0.25, 0.3) is 5.91 Å². The number of anilines is 3. The lowest BCUT2D eigenvalue weighted by atomic mass is 10.1. The topological polar surface area (TPSA) is 93.2 Å². The van der Waals surface area contributed by atoms with Crippen LogP contribution in [0, 0.1) is 20.8 Å². The Balaban J connectivity index is 1.78. The number of aromatic nitrogens is 2. The van der Waals surface area contributed by atoms with E-state index in [0.717, 1.165) is 11.3 Å². The lowest BCUT2D eigenvalue weighted by molar-refractivity contribution is 0.0600. The number of esters is 1. The largest absolute Gasteiger partial charge is 0.465 e. The summed E-state index contributed by atoms with van der Waals surface area (Å²) >= 11 is 0. The van der Waals surface area contributed by atoms with Gasteiger partial charge in [-0.25, -0.2) is 14.8 Å². The lowest BCUT2D eigenvalue weighted by Gasteiger charge is -2.11. The third kappa shape index (κ3) is 4.95. The average molecular weight is 390 g/mol. The number of nitrogens with zero attached hydrogens (tertiary/aromatic N) is 2. The smallest absolute Gasteiger partial charge is 0.337 e. The van der Waals surface area contributed by atoms with E-state index in [1.54, 1.807) is 37.3 Å². The van der Waals surface area contributed by atoms with Crippen LogP contribution < -0.4 is 10.6 Å². The maximum absolute atomic E-state index is 12.6. The van der Waals surface area contributed by atoms with Crippen molar-refractivity contribution in [1.82, 2.24) is 9.97 Å². The molecule has 0 aliphatic carbocycles. The molecule has 0 saturated heterocycles. The number of ether oxygens (including phenoxy) is 1. The minimum absolute atomic E-state index is 0.238. The van der Waals surface area contributed by atoms with Crippen LogP contribution in [0.5, 0.6) is 0 Å². The van der Waals surface area contributed by atoms with Crippen molar-refractivity contribution < 1.29 is 14.3 Å². The number of hydrogen-bond acceptors (Lipinski definition) is 6. The molecule has 1 aromatic heterocycles. The van der Waals surface area contributed by atoms with Crippen molar-refractivity contribution in [2.45, 2.75) is 20.8 Å². The van der Waals surface area contributed by atoms with Crippen LogP contribution in [0.15, 0.2) is 48.5 Å². The standard InChI is InChI=1S/C22H22N4O3/c1-13-5-10-18(14(2)11-13)26-20-12-19(23-15(3)24-20)21(27)25-17-8-6-16(7-9-17)22(28)29-4/h5-12H,1-4H3,(H,25,27)(H,23,24,26). The third-order valence-corrected chi connectivity index (χ3v) is 4.28. The number of hydrogen-bond donors (Lipinski definition) is 2. The molecule has 1 amide bonds. The highest BCUT2D eigenvalue weighted by Crippen LogP contribution is 2.21. The summed E-state index contributed by atoms with van der Waals surface area (Å²) in [5.74, 6) is 0.211. The summed E-state index contributed by atoms with van der Waals surface area (Å²) in [7, 11) is 1.32. The predicted octanol–water partition coefficient (Wildman–Crippen LogP) is 4.18. The van der Waals surface area contributed by atoms with E-state index in [1.165, 1.54) is 12.7 Å². The molecule has 29 heavy (non-hydrogen) atoms. The van der Waals surface area contributed by atoms with E-state index in [1.807, 2.05) is 26.0 Å². The first-order chi connectivity index (χ1) is 13.9. The molecule has 0 atom stereocenters. The van der Waals surface area contributed by atoms with Gasteiger partial charge in [-0.15, -0.1) is 0 Å². The minimum atomic E-state index is -0.434. The molecule has 0 bridgehead atoms. The summed E-state index contributed by atoms with van der Waals surface area (Å²) < 4.78 is 4.67. The molecule has 0 radical (unpaired) electrons. The fourth-order valence-corrected chi connectivity index (χ4v) is 2.84. The molecule has 7 heteroatoms. The molecule has 1 heterocycles. The zero-order chi connectivity index (χ0) is 21.0. The zero-order valence-electron chi connectivity index (χ0n) is 16.7. The van der Waals surface area contributed by atoms with Gasteiger partial charge in [0.2, 0.25) is 0 Å². The molecule has 0 aliphatic heterocycles. The number of methoxy groups -OCH3 is 1. The van der Waals surface area contributed by atoms with Crippen LogP contribution in [0.4, 0.5) is 17.2 Å². The maximum atomic E-state index is 12.6.